The molecule has 0 bridgehead atoms. The van der Waals surface area contributed by atoms with Crippen molar-refractivity contribution in [2.45, 2.75) is 57.8 Å². The molecule has 1 fully saturated rings. The molecule has 5 nitrogen and oxygen atoms in total. The SMILES string of the molecule is CC1(C)CCC(O)(CNCC(O)Cn2cccn2)CC1. The van der Waals surface area contributed by atoms with E-state index in [-0.39, 0.29) is 0 Å². The number of rotatable bonds is 6. The Morgan fingerprint density at radius 2 is 2.00 bits per heavy atom. The smallest absolute Gasteiger partial charge is 0.0860 e. The average Bonchev–Trinajstić information content (AvgIpc) is 2.86. The number of aromatic nitrogens is 2. The molecule has 0 spiro atoms. The van der Waals surface area contributed by atoms with Crippen LogP contribution >= 0.6 is 0 Å². The normalized spacial score (nSPS) is 22.6. The van der Waals surface area contributed by atoms with Crippen LogP contribution in [0.4, 0.5) is 0 Å². The van der Waals surface area contributed by atoms with Crippen LogP contribution in [0.3, 0.4) is 0 Å². The molecule has 1 unspecified atom stereocenters. The first-order valence-electron chi connectivity index (χ1n) is 7.47. The fourth-order valence-electron chi connectivity index (χ4n) is 2.73. The van der Waals surface area contributed by atoms with E-state index in [9.17, 15) is 10.2 Å². The number of hydrogen-bond acceptors (Lipinski definition) is 4. The Kier molecular flexibility index (Phi) is 4.83. The molecule has 1 heterocycles. The van der Waals surface area contributed by atoms with E-state index in [0.29, 0.717) is 25.0 Å². The largest absolute Gasteiger partial charge is 0.390 e. The molecule has 0 saturated heterocycles. The van der Waals surface area contributed by atoms with Gasteiger partial charge in [0.2, 0.25) is 0 Å². The molecule has 1 atom stereocenters. The van der Waals surface area contributed by atoms with Crippen LogP contribution in [0.15, 0.2) is 18.5 Å². The van der Waals surface area contributed by atoms with E-state index < -0.39 is 11.7 Å². The highest BCUT2D eigenvalue weighted by Gasteiger charge is 2.36. The molecule has 0 amide bonds. The second-order valence-electron chi connectivity index (χ2n) is 6.90. The Morgan fingerprint density at radius 1 is 1.30 bits per heavy atom. The number of nitrogens with one attached hydrogen (secondary N) is 1. The molecule has 0 aromatic carbocycles. The molecular weight excluding hydrogens is 254 g/mol. The standard InChI is InChI=1S/C15H27N3O2/c1-14(2)4-6-15(20,7-5-14)12-16-10-13(19)11-18-9-3-8-17-18/h3,8-9,13,16,19-20H,4-7,10-12H2,1-2H3. The van der Waals surface area contributed by atoms with Crippen LogP contribution in [-0.4, -0.2) is 44.8 Å². The lowest BCUT2D eigenvalue weighted by molar-refractivity contribution is -0.0260. The van der Waals surface area contributed by atoms with Gasteiger partial charge in [-0.25, -0.2) is 0 Å². The van der Waals surface area contributed by atoms with Gasteiger partial charge in [0.25, 0.3) is 0 Å². The van der Waals surface area contributed by atoms with Crippen LogP contribution in [0, 0.1) is 5.41 Å². The number of hydrogen-bond donors (Lipinski definition) is 3. The molecule has 0 aliphatic heterocycles. The average molecular weight is 281 g/mol. The highest BCUT2D eigenvalue weighted by Crippen LogP contribution is 2.39. The summed E-state index contributed by atoms with van der Waals surface area (Å²) in [6, 6.07) is 1.84. The molecule has 1 aliphatic rings. The van der Waals surface area contributed by atoms with E-state index in [0.717, 1.165) is 25.7 Å². The highest BCUT2D eigenvalue weighted by molar-refractivity contribution is 4.90. The molecule has 3 N–H and O–H groups in total. The fraction of sp³-hybridized carbons (Fsp3) is 0.800. The van der Waals surface area contributed by atoms with Crippen LogP contribution in [0.2, 0.25) is 0 Å². The zero-order valence-electron chi connectivity index (χ0n) is 12.5. The maximum absolute atomic E-state index is 10.5. The van der Waals surface area contributed by atoms with Crippen LogP contribution < -0.4 is 5.32 Å². The summed E-state index contributed by atoms with van der Waals surface area (Å²) in [6.07, 6.45) is 6.83. The Morgan fingerprint density at radius 3 is 2.60 bits per heavy atom. The summed E-state index contributed by atoms with van der Waals surface area (Å²) in [5, 5.41) is 27.7. The maximum Gasteiger partial charge on any atom is 0.0860 e. The van der Waals surface area contributed by atoms with Gasteiger partial charge in [-0.3, -0.25) is 4.68 Å². The lowest BCUT2D eigenvalue weighted by Gasteiger charge is -2.40. The van der Waals surface area contributed by atoms with Gasteiger partial charge in [-0.15, -0.1) is 0 Å². The van der Waals surface area contributed by atoms with Crippen LogP contribution in [0.1, 0.15) is 39.5 Å². The summed E-state index contributed by atoms with van der Waals surface area (Å²) < 4.78 is 1.71. The van der Waals surface area contributed by atoms with Gasteiger partial charge in [-0.1, -0.05) is 13.8 Å². The molecule has 0 radical (unpaired) electrons. The van der Waals surface area contributed by atoms with Gasteiger partial charge in [0.05, 0.1) is 18.2 Å². The molecular formula is C15H27N3O2. The molecule has 1 aliphatic carbocycles. The van der Waals surface area contributed by atoms with Crippen molar-refractivity contribution in [3.05, 3.63) is 18.5 Å². The monoisotopic (exact) mass is 281 g/mol. The second-order valence-corrected chi connectivity index (χ2v) is 6.90. The molecule has 2 rings (SSSR count). The minimum Gasteiger partial charge on any atom is -0.390 e. The van der Waals surface area contributed by atoms with Gasteiger partial charge < -0.3 is 15.5 Å². The van der Waals surface area contributed by atoms with Crippen LogP contribution in [0.5, 0.6) is 0 Å². The van der Waals surface area contributed by atoms with Gasteiger partial charge in [0, 0.05) is 25.5 Å². The van der Waals surface area contributed by atoms with Gasteiger partial charge in [-0.2, -0.15) is 5.10 Å². The zero-order valence-corrected chi connectivity index (χ0v) is 12.5. The first-order chi connectivity index (χ1) is 9.39. The molecule has 1 aromatic heterocycles. The molecule has 1 saturated carbocycles. The Hall–Kier alpha value is -0.910. The summed E-state index contributed by atoms with van der Waals surface area (Å²) in [7, 11) is 0. The lowest BCUT2D eigenvalue weighted by atomic mass is 9.71. The quantitative estimate of drug-likeness (QED) is 0.732. The summed E-state index contributed by atoms with van der Waals surface area (Å²) in [4.78, 5) is 0. The third-order valence-corrected chi connectivity index (χ3v) is 4.33. The minimum absolute atomic E-state index is 0.353. The van der Waals surface area contributed by atoms with Crippen molar-refractivity contribution in [2.24, 2.45) is 5.41 Å². The summed E-state index contributed by atoms with van der Waals surface area (Å²) in [5.74, 6) is 0. The van der Waals surface area contributed by atoms with E-state index >= 15 is 0 Å². The predicted molar refractivity (Wildman–Crippen MR) is 78.3 cm³/mol. The predicted octanol–water partition coefficient (Wildman–Crippen LogP) is 1.16. The number of aliphatic hydroxyl groups excluding tert-OH is 1. The van der Waals surface area contributed by atoms with Gasteiger partial charge >= 0.3 is 0 Å². The maximum atomic E-state index is 10.5. The van der Waals surface area contributed by atoms with Gasteiger partial charge in [0.1, 0.15) is 0 Å². The fourth-order valence-corrected chi connectivity index (χ4v) is 2.73. The third kappa shape index (κ3) is 4.58. The van der Waals surface area contributed by atoms with Gasteiger partial charge in [0.15, 0.2) is 0 Å². The molecule has 1 aromatic rings. The number of aliphatic hydroxyl groups is 2. The summed E-state index contributed by atoms with van der Waals surface area (Å²) >= 11 is 0. The van der Waals surface area contributed by atoms with E-state index in [4.69, 9.17) is 0 Å². The van der Waals surface area contributed by atoms with Gasteiger partial charge in [-0.05, 0) is 37.2 Å². The zero-order chi connectivity index (χ0) is 14.6. The van der Waals surface area contributed by atoms with Crippen LogP contribution in [-0.2, 0) is 6.54 Å². The summed E-state index contributed by atoms with van der Waals surface area (Å²) in [6.45, 7) is 6.03. The van der Waals surface area contributed by atoms with Crippen molar-refractivity contribution in [2.75, 3.05) is 13.1 Å². The Labute approximate surface area is 121 Å². The third-order valence-electron chi connectivity index (χ3n) is 4.33. The van der Waals surface area contributed by atoms with E-state index in [1.807, 2.05) is 12.3 Å². The number of nitrogens with zero attached hydrogens (tertiary/aromatic N) is 2. The van der Waals surface area contributed by atoms with E-state index in [1.54, 1.807) is 10.9 Å². The first kappa shape index (κ1) is 15.5. The van der Waals surface area contributed by atoms with E-state index in [2.05, 4.69) is 24.3 Å². The first-order valence-corrected chi connectivity index (χ1v) is 7.47. The van der Waals surface area contributed by atoms with Crippen molar-refractivity contribution in [1.29, 1.82) is 0 Å². The van der Waals surface area contributed by atoms with Crippen molar-refractivity contribution >= 4 is 0 Å². The lowest BCUT2D eigenvalue weighted by Crippen LogP contribution is -2.46. The van der Waals surface area contributed by atoms with Crippen molar-refractivity contribution in [3.8, 4) is 0 Å². The molecule has 114 valence electrons. The molecule has 20 heavy (non-hydrogen) atoms. The van der Waals surface area contributed by atoms with E-state index in [1.165, 1.54) is 0 Å². The Bertz CT molecular complexity index is 393. The highest BCUT2D eigenvalue weighted by atomic mass is 16.3. The minimum atomic E-state index is -0.610. The van der Waals surface area contributed by atoms with Crippen molar-refractivity contribution < 1.29 is 10.2 Å². The van der Waals surface area contributed by atoms with Crippen molar-refractivity contribution in [1.82, 2.24) is 15.1 Å². The van der Waals surface area contributed by atoms with Crippen molar-refractivity contribution in [3.63, 3.8) is 0 Å². The topological polar surface area (TPSA) is 70.3 Å². The van der Waals surface area contributed by atoms with Crippen LogP contribution in [0.25, 0.3) is 0 Å². The second kappa shape index (κ2) is 6.24. The molecule has 5 heteroatoms. The summed E-state index contributed by atoms with van der Waals surface area (Å²) in [5.41, 5.74) is -0.257. The Balaban J connectivity index is 1.67.